The van der Waals surface area contributed by atoms with Crippen molar-refractivity contribution in [1.82, 2.24) is 10.2 Å². The van der Waals surface area contributed by atoms with Gasteiger partial charge in [0.05, 0.1) is 17.7 Å². The van der Waals surface area contributed by atoms with Crippen LogP contribution >= 0.6 is 0 Å². The van der Waals surface area contributed by atoms with E-state index in [2.05, 4.69) is 5.32 Å². The average molecular weight is 584 g/mol. The summed E-state index contributed by atoms with van der Waals surface area (Å²) in [6.45, 7) is 7.62. The number of hydrogen-bond donors (Lipinski definition) is 1. The predicted octanol–water partition coefficient (Wildman–Crippen LogP) is 4.92. The van der Waals surface area contributed by atoms with Gasteiger partial charge < -0.3 is 15.0 Å². The maximum Gasteiger partial charge on any atom is 0.264 e. The Morgan fingerprint density at radius 3 is 2.17 bits per heavy atom. The summed E-state index contributed by atoms with van der Waals surface area (Å²) in [5, 5.41) is 2.91. The summed E-state index contributed by atoms with van der Waals surface area (Å²) in [4.78, 5) is 28.7. The Labute approximate surface area is 242 Å². The zero-order valence-electron chi connectivity index (χ0n) is 24.1. The molecule has 0 bridgehead atoms. The van der Waals surface area contributed by atoms with Gasteiger partial charge in [-0.3, -0.25) is 13.9 Å². The Balaban J connectivity index is 2.05. The number of amides is 2. The van der Waals surface area contributed by atoms with Crippen LogP contribution in [0.15, 0.2) is 77.7 Å². The van der Waals surface area contributed by atoms with E-state index in [1.165, 1.54) is 48.4 Å². The second-order valence-corrected chi connectivity index (χ2v) is 12.0. The number of hydrogen-bond acceptors (Lipinski definition) is 5. The molecule has 0 aliphatic rings. The molecule has 3 aromatic rings. The molecule has 0 aliphatic carbocycles. The van der Waals surface area contributed by atoms with Gasteiger partial charge in [-0.1, -0.05) is 45.0 Å². The molecule has 0 unspecified atom stereocenters. The highest BCUT2D eigenvalue weighted by atomic mass is 32.2. The first-order valence-corrected chi connectivity index (χ1v) is 15.0. The number of aryl methyl sites for hydroxylation is 1. The molecule has 3 rings (SSSR count). The lowest BCUT2D eigenvalue weighted by Gasteiger charge is -2.33. The van der Waals surface area contributed by atoms with Gasteiger partial charge in [-0.05, 0) is 78.9 Å². The van der Waals surface area contributed by atoms with Gasteiger partial charge in [-0.2, -0.15) is 0 Å². The molecule has 0 saturated carbocycles. The summed E-state index contributed by atoms with van der Waals surface area (Å²) in [5.74, 6) is -0.747. The lowest BCUT2D eigenvalue weighted by Crippen LogP contribution is -2.52. The molecule has 0 aromatic heterocycles. The van der Waals surface area contributed by atoms with Crippen LogP contribution in [0.4, 0.5) is 10.1 Å². The molecule has 220 valence electrons. The number of rotatable bonds is 13. The summed E-state index contributed by atoms with van der Waals surface area (Å²) in [7, 11) is -2.80. The molecular formula is C31H38FN3O5S. The fraction of sp³-hybridized carbons (Fsp3) is 0.355. The molecule has 1 N–H and O–H groups in total. The van der Waals surface area contributed by atoms with E-state index in [0.717, 1.165) is 27.6 Å². The van der Waals surface area contributed by atoms with Gasteiger partial charge in [0.25, 0.3) is 10.0 Å². The minimum absolute atomic E-state index is 0.0670. The smallest absolute Gasteiger partial charge is 0.264 e. The van der Waals surface area contributed by atoms with Gasteiger partial charge in [-0.25, -0.2) is 12.8 Å². The van der Waals surface area contributed by atoms with Crippen LogP contribution in [0.25, 0.3) is 0 Å². The number of benzene rings is 3. The Morgan fingerprint density at radius 2 is 1.61 bits per heavy atom. The molecule has 8 nitrogen and oxygen atoms in total. The molecule has 0 spiro atoms. The van der Waals surface area contributed by atoms with Crippen LogP contribution in [0.1, 0.15) is 38.3 Å². The van der Waals surface area contributed by atoms with Crippen LogP contribution in [0, 0.1) is 18.7 Å². The zero-order chi connectivity index (χ0) is 30.2. The SMILES string of the molecule is CC[C@H](C(=O)NCC(C)C)N(Cc1ccccc1C)C(=O)CN(c1ccc(F)cc1)S(=O)(=O)c1ccc(OC)cc1. The lowest BCUT2D eigenvalue weighted by molar-refractivity contribution is -0.140. The summed E-state index contributed by atoms with van der Waals surface area (Å²) in [6, 6.07) is 17.4. The summed E-state index contributed by atoms with van der Waals surface area (Å²) in [6.07, 6.45) is 0.323. The molecule has 0 fully saturated rings. The number of anilines is 1. The molecule has 0 aliphatic heterocycles. The molecule has 0 radical (unpaired) electrons. The standard InChI is InChI=1S/C31H38FN3O5S/c1-6-29(31(37)33-19-22(2)3)34(20-24-10-8-7-9-23(24)4)30(36)21-35(26-13-11-25(32)12-14-26)41(38,39)28-17-15-27(40-5)16-18-28/h7-18,22,29H,6,19-21H2,1-5H3,(H,33,37)/t29-/m1/s1. The van der Waals surface area contributed by atoms with Crippen LogP contribution in [-0.4, -0.2) is 51.4 Å². The number of carbonyl (C=O) groups is 2. The van der Waals surface area contributed by atoms with Crippen LogP contribution in [0.2, 0.25) is 0 Å². The third-order valence-corrected chi connectivity index (χ3v) is 8.50. The number of ether oxygens (including phenoxy) is 1. The first kappa shape index (κ1) is 31.6. The number of nitrogens with zero attached hydrogens (tertiary/aromatic N) is 2. The Bertz CT molecular complexity index is 1430. The van der Waals surface area contributed by atoms with Crippen molar-refractivity contribution in [1.29, 1.82) is 0 Å². The molecular weight excluding hydrogens is 545 g/mol. The highest BCUT2D eigenvalue weighted by molar-refractivity contribution is 7.92. The van der Waals surface area contributed by atoms with E-state index >= 15 is 0 Å². The van der Waals surface area contributed by atoms with Gasteiger partial charge in [0, 0.05) is 13.1 Å². The maximum absolute atomic E-state index is 14.1. The summed E-state index contributed by atoms with van der Waals surface area (Å²) < 4.78 is 47.6. The highest BCUT2D eigenvalue weighted by Crippen LogP contribution is 2.26. The van der Waals surface area contributed by atoms with Crippen LogP contribution < -0.4 is 14.4 Å². The van der Waals surface area contributed by atoms with Gasteiger partial charge >= 0.3 is 0 Å². The third kappa shape index (κ3) is 8.07. The van der Waals surface area contributed by atoms with Crippen molar-refractivity contribution in [3.8, 4) is 5.75 Å². The molecule has 0 heterocycles. The topological polar surface area (TPSA) is 96.0 Å². The van der Waals surface area contributed by atoms with Crippen LogP contribution in [-0.2, 0) is 26.2 Å². The van der Waals surface area contributed by atoms with Crippen molar-refractivity contribution in [2.24, 2.45) is 5.92 Å². The number of halogens is 1. The fourth-order valence-electron chi connectivity index (χ4n) is 4.32. The van der Waals surface area contributed by atoms with Crippen LogP contribution in [0.5, 0.6) is 5.75 Å². The Morgan fingerprint density at radius 1 is 0.976 bits per heavy atom. The predicted molar refractivity (Wildman–Crippen MR) is 158 cm³/mol. The average Bonchev–Trinajstić information content (AvgIpc) is 2.96. The first-order valence-electron chi connectivity index (χ1n) is 13.5. The molecule has 0 saturated heterocycles. The third-order valence-electron chi connectivity index (χ3n) is 6.71. The van der Waals surface area contributed by atoms with E-state index in [4.69, 9.17) is 4.74 Å². The maximum atomic E-state index is 14.1. The van der Waals surface area contributed by atoms with Crippen molar-refractivity contribution >= 4 is 27.5 Å². The Hall–Kier alpha value is -3.92. The van der Waals surface area contributed by atoms with E-state index in [9.17, 15) is 22.4 Å². The molecule has 41 heavy (non-hydrogen) atoms. The summed E-state index contributed by atoms with van der Waals surface area (Å²) >= 11 is 0. The monoisotopic (exact) mass is 583 g/mol. The number of methoxy groups -OCH3 is 1. The van der Waals surface area contributed by atoms with Crippen molar-refractivity contribution in [2.45, 2.75) is 51.6 Å². The molecule has 10 heteroatoms. The van der Waals surface area contributed by atoms with E-state index in [0.29, 0.717) is 18.7 Å². The normalized spacial score (nSPS) is 12.1. The van der Waals surface area contributed by atoms with Gasteiger partial charge in [0.1, 0.15) is 24.2 Å². The molecule has 1 atom stereocenters. The van der Waals surface area contributed by atoms with Gasteiger partial charge in [-0.15, -0.1) is 0 Å². The van der Waals surface area contributed by atoms with E-state index in [-0.39, 0.29) is 29.0 Å². The van der Waals surface area contributed by atoms with Crippen LogP contribution in [0.3, 0.4) is 0 Å². The quantitative estimate of drug-likeness (QED) is 0.308. The minimum atomic E-state index is -4.27. The fourth-order valence-corrected chi connectivity index (χ4v) is 5.74. The van der Waals surface area contributed by atoms with Crippen molar-refractivity contribution < 1.29 is 27.1 Å². The highest BCUT2D eigenvalue weighted by Gasteiger charge is 2.34. The largest absolute Gasteiger partial charge is 0.497 e. The second kappa shape index (κ2) is 14.1. The van der Waals surface area contributed by atoms with Crippen molar-refractivity contribution in [3.63, 3.8) is 0 Å². The van der Waals surface area contributed by atoms with Crippen molar-refractivity contribution in [3.05, 3.63) is 89.7 Å². The van der Waals surface area contributed by atoms with Gasteiger partial charge in [0.2, 0.25) is 11.8 Å². The van der Waals surface area contributed by atoms with E-state index in [1.54, 1.807) is 0 Å². The van der Waals surface area contributed by atoms with E-state index in [1.807, 2.05) is 52.0 Å². The van der Waals surface area contributed by atoms with E-state index < -0.39 is 34.3 Å². The number of carbonyl (C=O) groups excluding carboxylic acids is 2. The lowest BCUT2D eigenvalue weighted by atomic mass is 10.1. The zero-order valence-corrected chi connectivity index (χ0v) is 24.9. The first-order chi connectivity index (χ1) is 19.5. The molecule has 2 amide bonds. The van der Waals surface area contributed by atoms with Crippen molar-refractivity contribution in [2.75, 3.05) is 24.5 Å². The minimum Gasteiger partial charge on any atom is -0.497 e. The number of nitrogens with one attached hydrogen (secondary N) is 1. The van der Waals surface area contributed by atoms with Gasteiger partial charge in [0.15, 0.2) is 0 Å². The Kier molecular flexibility index (Phi) is 10.9. The summed E-state index contributed by atoms with van der Waals surface area (Å²) in [5.41, 5.74) is 1.88. The second-order valence-electron chi connectivity index (χ2n) is 10.2. The molecule has 3 aromatic carbocycles. The number of sulfonamides is 1.